The number of rotatable bonds is 16. The molecule has 0 bridgehead atoms. The molecule has 4 aromatic rings. The average molecular weight is 708 g/mol. The quantitative estimate of drug-likeness (QED) is 0.0919. The van der Waals surface area contributed by atoms with Gasteiger partial charge in [-0.05, 0) is 68.4 Å². The van der Waals surface area contributed by atoms with Crippen LogP contribution in [0, 0.1) is 6.92 Å². The zero-order valence-electron chi connectivity index (χ0n) is 29.3. The van der Waals surface area contributed by atoms with Gasteiger partial charge in [-0.2, -0.15) is 18.2 Å². The Morgan fingerprint density at radius 3 is 2.39 bits per heavy atom. The van der Waals surface area contributed by atoms with E-state index in [1.165, 1.54) is 0 Å². The number of aryl methyl sites for hydroxylation is 3. The summed E-state index contributed by atoms with van der Waals surface area (Å²) in [6, 6.07) is 15.6. The van der Waals surface area contributed by atoms with Crippen molar-refractivity contribution in [3.63, 3.8) is 0 Å². The van der Waals surface area contributed by atoms with Crippen LogP contribution in [-0.4, -0.2) is 68.9 Å². The Morgan fingerprint density at radius 2 is 1.76 bits per heavy atom. The Morgan fingerprint density at radius 1 is 1.02 bits per heavy atom. The number of aliphatic hydroxyl groups excluding tert-OH is 1. The number of pyridine rings is 2. The van der Waals surface area contributed by atoms with Crippen molar-refractivity contribution < 1.29 is 27.5 Å². The van der Waals surface area contributed by atoms with Crippen LogP contribution in [0.4, 0.5) is 35.1 Å². The normalized spacial score (nSPS) is 14.5. The molecule has 0 unspecified atom stereocenters. The number of hydrogen-bond acceptors (Lipinski definition) is 8. The van der Waals surface area contributed by atoms with Gasteiger partial charge in [0.2, 0.25) is 11.9 Å². The molecule has 0 radical (unpaired) electrons. The molecule has 2 N–H and O–H groups in total. The third-order valence-corrected chi connectivity index (χ3v) is 9.18. The zero-order valence-corrected chi connectivity index (χ0v) is 29.3. The maximum absolute atomic E-state index is 14.3. The Balaban J connectivity index is 1.31. The van der Waals surface area contributed by atoms with Crippen molar-refractivity contribution in [3.05, 3.63) is 89.5 Å². The van der Waals surface area contributed by atoms with E-state index in [1.807, 2.05) is 55.6 Å². The lowest BCUT2D eigenvalue weighted by atomic mass is 9.97. The number of hydrogen-bond donors (Lipinski definition) is 2. The number of alkyl halides is 4. The van der Waals surface area contributed by atoms with Gasteiger partial charge >= 0.3 is 6.18 Å². The fourth-order valence-corrected chi connectivity index (χ4v) is 6.43. The summed E-state index contributed by atoms with van der Waals surface area (Å²) < 4.78 is 55.5. The highest BCUT2D eigenvalue weighted by atomic mass is 19.4. The van der Waals surface area contributed by atoms with Gasteiger partial charge in [-0.3, -0.25) is 14.7 Å². The highest BCUT2D eigenvalue weighted by Gasteiger charge is 2.47. The van der Waals surface area contributed by atoms with Gasteiger partial charge in [0.1, 0.15) is 17.2 Å². The molecule has 51 heavy (non-hydrogen) atoms. The van der Waals surface area contributed by atoms with E-state index in [0.29, 0.717) is 50.7 Å². The van der Waals surface area contributed by atoms with E-state index in [-0.39, 0.29) is 17.9 Å². The van der Waals surface area contributed by atoms with Crippen molar-refractivity contribution in [2.75, 3.05) is 41.4 Å². The number of carbonyl (C=O) groups excluding carboxylic acids is 1. The van der Waals surface area contributed by atoms with Crippen LogP contribution in [0.25, 0.3) is 11.1 Å². The summed E-state index contributed by atoms with van der Waals surface area (Å²) >= 11 is 0. The number of carbonyl (C=O) groups is 1. The van der Waals surface area contributed by atoms with Crippen molar-refractivity contribution in [1.29, 1.82) is 0 Å². The second kappa shape index (κ2) is 16.6. The number of halogens is 4. The minimum atomic E-state index is -4.73. The van der Waals surface area contributed by atoms with Gasteiger partial charge in [0, 0.05) is 54.4 Å². The number of nitrogens with zero attached hydrogens (tertiary/aromatic N) is 6. The minimum absolute atomic E-state index is 0.0184. The molecule has 1 atom stereocenters. The monoisotopic (exact) mass is 707 g/mol. The predicted molar refractivity (Wildman–Crippen MR) is 190 cm³/mol. The SMILES string of the molecule is CCC[C@@H](CCCNc1ncc(C(F)(F)F)c(N2CC(F)(CO)C2)n1)N(C(=O)CCc1ccccc1)c1ccc(-c2cnc(CC)c(C)c2)cn1. The van der Waals surface area contributed by atoms with E-state index in [2.05, 4.69) is 40.2 Å². The molecule has 0 saturated carbocycles. The molecule has 5 rings (SSSR count). The van der Waals surface area contributed by atoms with Gasteiger partial charge in [-0.15, -0.1) is 0 Å². The predicted octanol–water partition coefficient (Wildman–Crippen LogP) is 7.37. The van der Waals surface area contributed by atoms with Crippen molar-refractivity contribution >= 4 is 23.5 Å². The number of aromatic nitrogens is 4. The molecule has 13 heteroatoms. The maximum Gasteiger partial charge on any atom is 0.421 e. The number of amides is 1. The van der Waals surface area contributed by atoms with Crippen LogP contribution in [0.2, 0.25) is 0 Å². The highest BCUT2D eigenvalue weighted by Crippen LogP contribution is 2.39. The fraction of sp³-hybridized carbons (Fsp3) is 0.447. The molecular weight excluding hydrogens is 662 g/mol. The first kappa shape index (κ1) is 37.6. The second-order valence-corrected chi connectivity index (χ2v) is 13.1. The Hall–Kier alpha value is -4.65. The Bertz CT molecular complexity index is 1750. The van der Waals surface area contributed by atoms with Crippen molar-refractivity contribution in [2.45, 2.75) is 83.6 Å². The first-order chi connectivity index (χ1) is 24.4. The highest BCUT2D eigenvalue weighted by molar-refractivity contribution is 5.93. The Labute approximate surface area is 296 Å². The second-order valence-electron chi connectivity index (χ2n) is 13.1. The number of nitrogens with one attached hydrogen (secondary N) is 1. The molecule has 272 valence electrons. The summed E-state index contributed by atoms with van der Waals surface area (Å²) in [4.78, 5) is 34.2. The largest absolute Gasteiger partial charge is 0.421 e. The van der Waals surface area contributed by atoms with E-state index in [9.17, 15) is 27.5 Å². The molecular formula is C38H45F4N7O2. The first-order valence-electron chi connectivity index (χ1n) is 17.5. The third-order valence-electron chi connectivity index (χ3n) is 9.18. The van der Waals surface area contributed by atoms with Crippen LogP contribution in [0.15, 0.2) is 67.1 Å². The molecule has 4 heterocycles. The minimum Gasteiger partial charge on any atom is -0.393 e. The van der Waals surface area contributed by atoms with Crippen LogP contribution in [0.3, 0.4) is 0 Å². The lowest BCUT2D eigenvalue weighted by Gasteiger charge is -2.44. The Kier molecular flexibility index (Phi) is 12.2. The van der Waals surface area contributed by atoms with Crippen LogP contribution in [0.5, 0.6) is 0 Å². The number of aliphatic hydroxyl groups is 1. The average Bonchev–Trinajstić information content (AvgIpc) is 3.11. The molecule has 1 aliphatic heterocycles. The van der Waals surface area contributed by atoms with Gasteiger partial charge in [-0.1, -0.05) is 50.6 Å². The molecule has 1 aromatic carbocycles. The molecule has 1 fully saturated rings. The molecule has 1 saturated heterocycles. The van der Waals surface area contributed by atoms with E-state index < -0.39 is 42.9 Å². The standard InChI is InChI=1S/C38H45F4N7O2/c1-4-10-30(13-9-18-43-36-46-22-31(38(40,41)42)35(47-36)48-23-37(39,24-48)25-50)49(34(51)17-14-27-11-7-6-8-12-27)33-16-15-28(20-45-33)29-19-26(3)32(5-2)44-21-29/h6-8,11-12,15-16,19-22,30,50H,4-5,9-10,13-14,17-18,23-25H2,1-3H3,(H,43,46,47)/t30-/m0/s1. The summed E-state index contributed by atoms with van der Waals surface area (Å²) in [6.07, 6.45) is 3.98. The third kappa shape index (κ3) is 9.37. The number of benzene rings is 1. The molecule has 1 aliphatic rings. The van der Waals surface area contributed by atoms with E-state index in [4.69, 9.17) is 4.98 Å². The van der Waals surface area contributed by atoms with Gasteiger partial charge in [0.05, 0.1) is 19.7 Å². The summed E-state index contributed by atoms with van der Waals surface area (Å²) in [5.41, 5.74) is 2.02. The molecule has 1 amide bonds. The lowest BCUT2D eigenvalue weighted by molar-refractivity contribution is -0.137. The van der Waals surface area contributed by atoms with E-state index in [1.54, 1.807) is 11.1 Å². The van der Waals surface area contributed by atoms with Gasteiger partial charge in [0.15, 0.2) is 5.67 Å². The van der Waals surface area contributed by atoms with Crippen molar-refractivity contribution in [1.82, 2.24) is 19.9 Å². The van der Waals surface area contributed by atoms with Gasteiger partial charge in [-0.25, -0.2) is 14.4 Å². The maximum atomic E-state index is 14.3. The molecule has 9 nitrogen and oxygen atoms in total. The summed E-state index contributed by atoms with van der Waals surface area (Å²) in [7, 11) is 0. The van der Waals surface area contributed by atoms with Crippen molar-refractivity contribution in [2.24, 2.45) is 0 Å². The summed E-state index contributed by atoms with van der Waals surface area (Å²) in [5, 5.41) is 12.2. The van der Waals surface area contributed by atoms with E-state index >= 15 is 0 Å². The van der Waals surface area contributed by atoms with Gasteiger partial charge < -0.3 is 15.3 Å². The van der Waals surface area contributed by atoms with E-state index in [0.717, 1.165) is 45.7 Å². The van der Waals surface area contributed by atoms with Crippen LogP contribution < -0.4 is 15.1 Å². The van der Waals surface area contributed by atoms with Crippen molar-refractivity contribution in [3.8, 4) is 11.1 Å². The zero-order chi connectivity index (χ0) is 36.6. The topological polar surface area (TPSA) is 107 Å². The molecule has 0 spiro atoms. The smallest absolute Gasteiger partial charge is 0.393 e. The lowest BCUT2D eigenvalue weighted by Crippen LogP contribution is -2.61. The van der Waals surface area contributed by atoms with Gasteiger partial charge in [0.25, 0.3) is 0 Å². The van der Waals surface area contributed by atoms with Crippen LogP contribution >= 0.6 is 0 Å². The van der Waals surface area contributed by atoms with Crippen LogP contribution in [-0.2, 0) is 23.8 Å². The number of anilines is 3. The fourth-order valence-electron chi connectivity index (χ4n) is 6.43. The molecule has 3 aromatic heterocycles. The van der Waals surface area contributed by atoms with Crippen LogP contribution in [0.1, 0.15) is 68.3 Å². The molecule has 0 aliphatic carbocycles. The first-order valence-corrected chi connectivity index (χ1v) is 17.5. The summed E-state index contributed by atoms with van der Waals surface area (Å²) in [6.45, 7) is 4.92. The summed E-state index contributed by atoms with van der Waals surface area (Å²) in [5.74, 6) is 0.0558.